The minimum atomic E-state index is -0.833. The summed E-state index contributed by atoms with van der Waals surface area (Å²) in [6.07, 6.45) is 0. The van der Waals surface area contributed by atoms with E-state index in [1.165, 1.54) is 0 Å². The predicted molar refractivity (Wildman–Crippen MR) is 13.8 cm³/mol. The van der Waals surface area contributed by atoms with E-state index in [-0.39, 0.29) is 17.1 Å². The Kier molecular flexibility index (Phi) is 6.70. The Morgan fingerprint density at radius 2 is 1.40 bits per heavy atom. The molecule has 0 rings (SSSR count). The third kappa shape index (κ3) is 274. The zero-order valence-electron chi connectivity index (χ0n) is 2.36. The summed E-state index contributed by atoms with van der Waals surface area (Å²) in [7, 11) is 0. The fourth-order valence-corrected chi connectivity index (χ4v) is 0. The molecular weight excluding hydrogens is 120 g/mol. The molecule has 0 bridgehead atoms. The fourth-order valence-electron chi connectivity index (χ4n) is 0. The van der Waals surface area contributed by atoms with Crippen molar-refractivity contribution in [2.45, 2.75) is 0 Å². The van der Waals surface area contributed by atoms with Gasteiger partial charge in [0.15, 0.2) is 0 Å². The van der Waals surface area contributed by atoms with Crippen LogP contribution < -0.4 is 11.5 Å². The van der Waals surface area contributed by atoms with E-state index >= 15 is 0 Å². The van der Waals surface area contributed by atoms with Crippen molar-refractivity contribution in [2.75, 3.05) is 0 Å². The van der Waals surface area contributed by atoms with Gasteiger partial charge < -0.3 is 11.5 Å². The van der Waals surface area contributed by atoms with E-state index < -0.39 is 6.03 Å². The first-order chi connectivity index (χ1) is 1.73. The summed E-state index contributed by atoms with van der Waals surface area (Å²) in [6, 6.07) is -0.833. The molecule has 0 saturated carbocycles. The number of amides is 2. The smallest absolute Gasteiger partial charge is 0.352 e. The van der Waals surface area contributed by atoms with E-state index in [1.807, 2.05) is 0 Å². The topological polar surface area (TPSA) is 69.1 Å². The quantitative estimate of drug-likeness (QED) is 0.400. The zero-order valence-corrected chi connectivity index (χ0v) is 3.31. The molecule has 0 aromatic heterocycles. The van der Waals surface area contributed by atoms with Crippen LogP contribution in [-0.2, 0) is 17.1 Å². The normalized spacial score (nSPS) is 4.80. The van der Waals surface area contributed by atoms with Gasteiger partial charge in [0.05, 0.1) is 0 Å². The molecular formula is CH4CuN2O+. The minimum absolute atomic E-state index is 0. The van der Waals surface area contributed by atoms with Crippen molar-refractivity contribution in [2.24, 2.45) is 11.5 Å². The van der Waals surface area contributed by atoms with Crippen molar-refractivity contribution >= 4 is 6.03 Å². The van der Waals surface area contributed by atoms with Gasteiger partial charge in [-0.05, 0) is 0 Å². The van der Waals surface area contributed by atoms with E-state index in [4.69, 9.17) is 4.79 Å². The maximum atomic E-state index is 9.00. The summed E-state index contributed by atoms with van der Waals surface area (Å²) in [4.78, 5) is 9.00. The van der Waals surface area contributed by atoms with Crippen molar-refractivity contribution in [3.63, 3.8) is 0 Å². The third-order valence-electron chi connectivity index (χ3n) is 0. The van der Waals surface area contributed by atoms with Crippen molar-refractivity contribution in [1.82, 2.24) is 0 Å². The first-order valence-electron chi connectivity index (χ1n) is 0.781. The SMILES string of the molecule is NC(N)=O.[Cu+]. The number of nitrogens with two attached hydrogens (primary N) is 2. The Morgan fingerprint density at radius 1 is 1.40 bits per heavy atom. The van der Waals surface area contributed by atoms with Crippen LogP contribution in [0.5, 0.6) is 0 Å². The number of primary amides is 2. The van der Waals surface area contributed by atoms with Crippen molar-refractivity contribution in [1.29, 1.82) is 0 Å². The molecule has 2 amide bonds. The number of urea groups is 1. The maximum absolute atomic E-state index is 9.00. The molecule has 0 radical (unpaired) electrons. The van der Waals surface area contributed by atoms with Gasteiger partial charge in [0.2, 0.25) is 0 Å². The molecule has 0 heterocycles. The summed E-state index contributed by atoms with van der Waals surface area (Å²) in [6.45, 7) is 0. The Balaban J connectivity index is 0. The summed E-state index contributed by atoms with van der Waals surface area (Å²) in [5, 5.41) is 0. The van der Waals surface area contributed by atoms with Gasteiger partial charge in [-0.3, -0.25) is 0 Å². The van der Waals surface area contributed by atoms with Gasteiger partial charge >= 0.3 is 23.1 Å². The molecule has 3 nitrogen and oxygen atoms in total. The van der Waals surface area contributed by atoms with E-state index in [0.29, 0.717) is 0 Å². The second kappa shape index (κ2) is 3.79. The van der Waals surface area contributed by atoms with Gasteiger partial charge in [0, 0.05) is 0 Å². The molecule has 0 aliphatic carbocycles. The van der Waals surface area contributed by atoms with Crippen LogP contribution in [0, 0.1) is 0 Å². The molecule has 0 aliphatic heterocycles. The van der Waals surface area contributed by atoms with Crippen LogP contribution in [0.3, 0.4) is 0 Å². The number of carbonyl (C=O) groups is 1. The first kappa shape index (κ1) is 8.84. The maximum Gasteiger partial charge on any atom is 1.00 e. The first-order valence-corrected chi connectivity index (χ1v) is 0.781. The largest absolute Gasteiger partial charge is 1.00 e. The van der Waals surface area contributed by atoms with Crippen LogP contribution in [0.2, 0.25) is 0 Å². The molecule has 0 atom stereocenters. The van der Waals surface area contributed by atoms with E-state index in [0.717, 1.165) is 0 Å². The van der Waals surface area contributed by atoms with Crippen LogP contribution in [0.15, 0.2) is 0 Å². The average molecular weight is 124 g/mol. The molecule has 0 aliphatic rings. The molecule has 0 unspecified atom stereocenters. The molecule has 0 saturated heterocycles. The molecule has 0 aromatic carbocycles. The van der Waals surface area contributed by atoms with Crippen molar-refractivity contribution in [3.05, 3.63) is 0 Å². The summed E-state index contributed by atoms with van der Waals surface area (Å²) in [5.41, 5.74) is 8.50. The van der Waals surface area contributed by atoms with Gasteiger partial charge in [-0.2, -0.15) is 0 Å². The van der Waals surface area contributed by atoms with Crippen LogP contribution in [0.1, 0.15) is 0 Å². The van der Waals surface area contributed by atoms with Gasteiger partial charge in [0.25, 0.3) is 0 Å². The van der Waals surface area contributed by atoms with Crippen LogP contribution >= 0.6 is 0 Å². The van der Waals surface area contributed by atoms with Gasteiger partial charge in [-0.25, -0.2) is 4.79 Å². The average Bonchev–Trinajstić information content (AvgIpc) is 0.811. The second-order valence-corrected chi connectivity index (χ2v) is 0.402. The van der Waals surface area contributed by atoms with Crippen LogP contribution in [0.25, 0.3) is 0 Å². The molecule has 4 heteroatoms. The van der Waals surface area contributed by atoms with Gasteiger partial charge in [-0.1, -0.05) is 0 Å². The Morgan fingerprint density at radius 3 is 1.40 bits per heavy atom. The Bertz CT molecular complexity index is 32.6. The van der Waals surface area contributed by atoms with Crippen molar-refractivity contribution < 1.29 is 21.9 Å². The van der Waals surface area contributed by atoms with E-state index in [1.54, 1.807) is 0 Å². The molecule has 0 fully saturated rings. The molecule has 0 spiro atoms. The Hall–Kier alpha value is -0.211. The van der Waals surface area contributed by atoms with Gasteiger partial charge in [-0.15, -0.1) is 0 Å². The second-order valence-electron chi connectivity index (χ2n) is 0.402. The fraction of sp³-hybridized carbons (Fsp3) is 0. The van der Waals surface area contributed by atoms with E-state index in [9.17, 15) is 0 Å². The third-order valence-corrected chi connectivity index (χ3v) is 0. The predicted octanol–water partition coefficient (Wildman–Crippen LogP) is -0.979. The summed E-state index contributed by atoms with van der Waals surface area (Å²) in [5.74, 6) is 0. The molecule has 34 valence electrons. The number of rotatable bonds is 0. The zero-order chi connectivity index (χ0) is 3.58. The molecule has 4 N–H and O–H groups in total. The van der Waals surface area contributed by atoms with Crippen LogP contribution in [0.4, 0.5) is 4.79 Å². The van der Waals surface area contributed by atoms with E-state index in [2.05, 4.69) is 11.5 Å². The standard InChI is InChI=1S/CH4N2O.Cu/c2-1(3)4;/h(H4,2,3,4);/q;+1. The van der Waals surface area contributed by atoms with Crippen molar-refractivity contribution in [3.8, 4) is 0 Å². The summed E-state index contributed by atoms with van der Waals surface area (Å²) < 4.78 is 0. The number of hydrogen-bond donors (Lipinski definition) is 2. The number of carbonyl (C=O) groups excluding carboxylic acids is 1. The Labute approximate surface area is 40.2 Å². The molecule has 5 heavy (non-hydrogen) atoms. The van der Waals surface area contributed by atoms with Gasteiger partial charge in [0.1, 0.15) is 0 Å². The number of hydrogen-bond acceptors (Lipinski definition) is 1. The summed E-state index contributed by atoms with van der Waals surface area (Å²) >= 11 is 0. The van der Waals surface area contributed by atoms with Crippen LogP contribution in [-0.4, -0.2) is 6.03 Å². The monoisotopic (exact) mass is 123 g/mol. The minimum Gasteiger partial charge on any atom is -0.352 e. The molecule has 0 aromatic rings.